The van der Waals surface area contributed by atoms with Gasteiger partial charge in [0.2, 0.25) is 5.92 Å². The molecule has 2 rings (SSSR count). The average Bonchev–Trinajstić information content (AvgIpc) is 2.30. The van der Waals surface area contributed by atoms with Crippen LogP contribution in [0.3, 0.4) is 0 Å². The Morgan fingerprint density at radius 1 is 1.58 bits per heavy atom. The van der Waals surface area contributed by atoms with Crippen LogP contribution in [0.4, 0.5) is 14.6 Å². The van der Waals surface area contributed by atoms with E-state index in [2.05, 4.69) is 10.2 Å². The predicted octanol–water partition coefficient (Wildman–Crippen LogP) is 1.50. The second kappa shape index (κ2) is 2.18. The Labute approximate surface area is 68.0 Å². The van der Waals surface area contributed by atoms with Gasteiger partial charge in [-0.3, -0.25) is 5.10 Å². The summed E-state index contributed by atoms with van der Waals surface area (Å²) in [6.07, 6.45) is -0.177. The van der Waals surface area contributed by atoms with Crippen molar-refractivity contribution in [2.45, 2.75) is 24.7 Å². The zero-order valence-electron chi connectivity index (χ0n) is 6.35. The van der Waals surface area contributed by atoms with Gasteiger partial charge >= 0.3 is 0 Å². The smallest absolute Gasteiger partial charge is 0.249 e. The van der Waals surface area contributed by atoms with Crippen LogP contribution >= 0.6 is 0 Å². The summed E-state index contributed by atoms with van der Waals surface area (Å²) in [5, 5.41) is 6.31. The van der Waals surface area contributed by atoms with Gasteiger partial charge in [0.05, 0.1) is 0 Å². The molecule has 0 saturated heterocycles. The number of nitrogens with one attached hydrogen (secondary N) is 1. The van der Waals surface area contributed by atoms with Gasteiger partial charge in [0, 0.05) is 30.5 Å². The normalized spacial score (nSPS) is 22.2. The van der Waals surface area contributed by atoms with Crippen molar-refractivity contribution in [3.63, 3.8) is 0 Å². The van der Waals surface area contributed by atoms with E-state index in [0.717, 1.165) is 5.69 Å². The quantitative estimate of drug-likeness (QED) is 0.676. The standard InChI is InChI=1S/C7H9F2N3/c8-7(9)2-4(3-7)5-1-6(10)12-11-5/h1,4H,2-3H2,(H3,10,11,12). The van der Waals surface area contributed by atoms with E-state index in [-0.39, 0.29) is 18.8 Å². The number of nitrogens with two attached hydrogens (primary N) is 1. The molecule has 1 heterocycles. The molecule has 12 heavy (non-hydrogen) atoms. The molecule has 0 atom stereocenters. The maximum atomic E-state index is 12.4. The van der Waals surface area contributed by atoms with Crippen molar-refractivity contribution < 1.29 is 8.78 Å². The average molecular weight is 173 g/mol. The Morgan fingerprint density at radius 2 is 2.25 bits per heavy atom. The number of halogens is 2. The lowest BCUT2D eigenvalue weighted by Crippen LogP contribution is -2.33. The number of alkyl halides is 2. The molecule has 0 bridgehead atoms. The molecule has 66 valence electrons. The Kier molecular flexibility index (Phi) is 1.37. The van der Waals surface area contributed by atoms with E-state index in [1.807, 2.05) is 0 Å². The summed E-state index contributed by atoms with van der Waals surface area (Å²) >= 11 is 0. The van der Waals surface area contributed by atoms with Crippen LogP contribution in [0, 0.1) is 0 Å². The summed E-state index contributed by atoms with van der Waals surface area (Å²) in [6, 6.07) is 1.61. The first-order chi connectivity index (χ1) is 5.57. The van der Waals surface area contributed by atoms with E-state index in [4.69, 9.17) is 5.73 Å². The Morgan fingerprint density at radius 3 is 2.67 bits per heavy atom. The number of hydrogen-bond acceptors (Lipinski definition) is 2. The molecule has 0 unspecified atom stereocenters. The lowest BCUT2D eigenvalue weighted by atomic mass is 9.79. The second-order valence-corrected chi connectivity index (χ2v) is 3.21. The maximum absolute atomic E-state index is 12.4. The van der Waals surface area contributed by atoms with Gasteiger partial charge in [-0.2, -0.15) is 5.10 Å². The van der Waals surface area contributed by atoms with Crippen LogP contribution in [0.15, 0.2) is 6.07 Å². The Hall–Kier alpha value is -1.13. The maximum Gasteiger partial charge on any atom is 0.249 e. The monoisotopic (exact) mass is 173 g/mol. The van der Waals surface area contributed by atoms with Crippen molar-refractivity contribution in [3.05, 3.63) is 11.8 Å². The van der Waals surface area contributed by atoms with Gasteiger partial charge < -0.3 is 5.73 Å². The van der Waals surface area contributed by atoms with Crippen LogP contribution in [0.2, 0.25) is 0 Å². The lowest BCUT2D eigenvalue weighted by Gasteiger charge is -2.33. The number of hydrogen-bond donors (Lipinski definition) is 2. The number of nitrogens with zero attached hydrogens (tertiary/aromatic N) is 1. The third kappa shape index (κ3) is 1.15. The first-order valence-corrected chi connectivity index (χ1v) is 3.75. The van der Waals surface area contributed by atoms with Gasteiger partial charge in [0.15, 0.2) is 0 Å². The molecule has 1 aromatic rings. The molecule has 1 fully saturated rings. The zero-order chi connectivity index (χ0) is 8.77. The predicted molar refractivity (Wildman–Crippen MR) is 39.9 cm³/mol. The van der Waals surface area contributed by atoms with Crippen LogP contribution in [0.5, 0.6) is 0 Å². The minimum Gasteiger partial charge on any atom is -0.382 e. The Bertz CT molecular complexity index is 287. The van der Waals surface area contributed by atoms with Crippen molar-refractivity contribution in [2.75, 3.05) is 5.73 Å². The summed E-state index contributed by atoms with van der Waals surface area (Å²) < 4.78 is 24.8. The molecule has 5 heteroatoms. The molecule has 1 aromatic heterocycles. The highest BCUT2D eigenvalue weighted by Gasteiger charge is 2.46. The van der Waals surface area contributed by atoms with E-state index in [9.17, 15) is 8.78 Å². The highest BCUT2D eigenvalue weighted by Crippen LogP contribution is 2.47. The zero-order valence-corrected chi connectivity index (χ0v) is 6.35. The molecular weight excluding hydrogens is 164 g/mol. The van der Waals surface area contributed by atoms with Gasteiger partial charge in [-0.1, -0.05) is 0 Å². The molecule has 0 amide bonds. The summed E-state index contributed by atoms with van der Waals surface area (Å²) in [5.41, 5.74) is 6.05. The van der Waals surface area contributed by atoms with Crippen LogP contribution in [-0.2, 0) is 0 Å². The number of rotatable bonds is 1. The van der Waals surface area contributed by atoms with Gasteiger partial charge in [0.25, 0.3) is 0 Å². The minimum atomic E-state index is -2.48. The molecular formula is C7H9F2N3. The van der Waals surface area contributed by atoms with Crippen molar-refractivity contribution in [1.82, 2.24) is 10.2 Å². The number of aromatic nitrogens is 2. The van der Waals surface area contributed by atoms with E-state index in [1.54, 1.807) is 6.07 Å². The van der Waals surface area contributed by atoms with E-state index in [1.165, 1.54) is 0 Å². The number of nitrogen functional groups attached to an aromatic ring is 1. The fourth-order valence-electron chi connectivity index (χ4n) is 1.44. The second-order valence-electron chi connectivity index (χ2n) is 3.21. The van der Waals surface area contributed by atoms with E-state index < -0.39 is 5.92 Å². The number of H-pyrrole nitrogens is 1. The SMILES string of the molecule is Nc1cc(C2CC(F)(F)C2)[nH]n1. The molecule has 1 aliphatic rings. The largest absolute Gasteiger partial charge is 0.382 e. The minimum absolute atomic E-state index is 0.0887. The summed E-state index contributed by atoms with van der Waals surface area (Å²) in [5.74, 6) is -2.21. The summed E-state index contributed by atoms with van der Waals surface area (Å²) in [6.45, 7) is 0. The fraction of sp³-hybridized carbons (Fsp3) is 0.571. The molecule has 0 radical (unpaired) electrons. The summed E-state index contributed by atoms with van der Waals surface area (Å²) in [7, 11) is 0. The molecule has 1 saturated carbocycles. The molecule has 0 spiro atoms. The first-order valence-electron chi connectivity index (χ1n) is 3.75. The lowest BCUT2D eigenvalue weighted by molar-refractivity contribution is -0.0876. The summed E-state index contributed by atoms with van der Waals surface area (Å²) in [4.78, 5) is 0. The van der Waals surface area contributed by atoms with Crippen molar-refractivity contribution >= 4 is 5.82 Å². The van der Waals surface area contributed by atoms with Gasteiger partial charge in [0.1, 0.15) is 5.82 Å². The Balaban J connectivity index is 2.06. The van der Waals surface area contributed by atoms with Crippen LogP contribution < -0.4 is 5.73 Å². The van der Waals surface area contributed by atoms with Gasteiger partial charge in [-0.05, 0) is 0 Å². The molecule has 0 aromatic carbocycles. The number of aromatic amines is 1. The molecule has 3 N–H and O–H groups in total. The highest BCUT2D eigenvalue weighted by molar-refractivity contribution is 5.31. The van der Waals surface area contributed by atoms with Gasteiger partial charge in [-0.25, -0.2) is 8.78 Å². The fourth-order valence-corrected chi connectivity index (χ4v) is 1.44. The number of anilines is 1. The van der Waals surface area contributed by atoms with Crippen LogP contribution in [0.25, 0.3) is 0 Å². The van der Waals surface area contributed by atoms with Crippen LogP contribution in [0.1, 0.15) is 24.5 Å². The van der Waals surface area contributed by atoms with E-state index >= 15 is 0 Å². The van der Waals surface area contributed by atoms with Crippen molar-refractivity contribution in [2.24, 2.45) is 0 Å². The van der Waals surface area contributed by atoms with Gasteiger partial charge in [-0.15, -0.1) is 0 Å². The molecule has 1 aliphatic carbocycles. The van der Waals surface area contributed by atoms with Crippen LogP contribution in [-0.4, -0.2) is 16.1 Å². The third-order valence-corrected chi connectivity index (χ3v) is 2.15. The van der Waals surface area contributed by atoms with Crippen molar-refractivity contribution in [1.29, 1.82) is 0 Å². The van der Waals surface area contributed by atoms with Crippen molar-refractivity contribution in [3.8, 4) is 0 Å². The first kappa shape index (κ1) is 7.52. The highest BCUT2D eigenvalue weighted by atomic mass is 19.3. The topological polar surface area (TPSA) is 54.7 Å². The van der Waals surface area contributed by atoms with E-state index in [0.29, 0.717) is 5.82 Å². The molecule has 3 nitrogen and oxygen atoms in total. The third-order valence-electron chi connectivity index (χ3n) is 2.15. The molecule has 0 aliphatic heterocycles.